The molecule has 186 valence electrons. The van der Waals surface area contributed by atoms with Crippen molar-refractivity contribution in [2.75, 3.05) is 13.1 Å². The molecule has 2 aromatic rings. The first-order valence-corrected chi connectivity index (χ1v) is 13.1. The lowest BCUT2D eigenvalue weighted by atomic mass is 9.71. The number of aromatic nitrogens is 3. The minimum Gasteiger partial charge on any atom is -0.316 e. The van der Waals surface area contributed by atoms with Crippen LogP contribution in [-0.4, -0.2) is 33.6 Å². The van der Waals surface area contributed by atoms with Crippen LogP contribution in [0.1, 0.15) is 98.6 Å². The van der Waals surface area contributed by atoms with Crippen LogP contribution in [0.3, 0.4) is 0 Å². The Morgan fingerprint density at radius 1 is 1.15 bits per heavy atom. The van der Waals surface area contributed by atoms with E-state index in [1.54, 1.807) is 0 Å². The molecule has 0 amide bonds. The molecular formula is C28H41ClN4O. The molecule has 0 radical (unpaired) electrons. The van der Waals surface area contributed by atoms with Crippen LogP contribution < -0.4 is 5.32 Å². The number of rotatable bonds is 10. The Bertz CT molecular complexity index is 1000. The largest absolute Gasteiger partial charge is 0.316 e. The van der Waals surface area contributed by atoms with Crippen molar-refractivity contribution in [1.29, 1.82) is 0 Å². The van der Waals surface area contributed by atoms with E-state index >= 15 is 0 Å². The van der Waals surface area contributed by atoms with E-state index in [0.29, 0.717) is 36.5 Å². The monoisotopic (exact) mass is 484 g/mol. The molecule has 5 nitrogen and oxygen atoms in total. The van der Waals surface area contributed by atoms with Crippen molar-refractivity contribution >= 4 is 18.2 Å². The second-order valence-corrected chi connectivity index (χ2v) is 11.6. The third kappa shape index (κ3) is 5.41. The molecule has 34 heavy (non-hydrogen) atoms. The number of nitrogens with zero attached hydrogens (tertiary/aromatic N) is 3. The van der Waals surface area contributed by atoms with Gasteiger partial charge in [-0.05, 0) is 87.9 Å². The molecule has 2 heterocycles. The first kappa shape index (κ1) is 25.4. The highest BCUT2D eigenvalue weighted by Crippen LogP contribution is 2.48. The molecule has 6 heteroatoms. The van der Waals surface area contributed by atoms with Gasteiger partial charge in [0, 0.05) is 30.7 Å². The summed E-state index contributed by atoms with van der Waals surface area (Å²) in [6.45, 7) is 10.8. The number of halogens is 1. The Morgan fingerprint density at radius 3 is 2.47 bits per heavy atom. The molecule has 1 aliphatic heterocycles. The highest BCUT2D eigenvalue weighted by atomic mass is 35.5. The fourth-order valence-corrected chi connectivity index (χ4v) is 6.00. The van der Waals surface area contributed by atoms with Gasteiger partial charge in [-0.3, -0.25) is 4.79 Å². The lowest BCUT2D eigenvalue weighted by molar-refractivity contribution is -0.119. The Balaban J connectivity index is 0.00000274. The number of ketones is 1. The number of carbonyl (C=O) groups is 1. The van der Waals surface area contributed by atoms with E-state index in [-0.39, 0.29) is 18.3 Å². The predicted molar refractivity (Wildman–Crippen MR) is 139 cm³/mol. The second-order valence-electron chi connectivity index (χ2n) is 11.6. The Morgan fingerprint density at radius 2 is 1.88 bits per heavy atom. The average Bonchev–Trinajstić information content (AvgIpc) is 3.43. The van der Waals surface area contributed by atoms with Gasteiger partial charge in [0.05, 0.1) is 0 Å². The summed E-state index contributed by atoms with van der Waals surface area (Å²) in [6, 6.07) is 6.97. The lowest BCUT2D eigenvalue weighted by Crippen LogP contribution is -2.46. The zero-order valence-corrected chi connectivity index (χ0v) is 22.0. The van der Waals surface area contributed by atoms with Crippen LogP contribution in [0.25, 0.3) is 0 Å². The lowest BCUT2D eigenvalue weighted by Gasteiger charge is -2.37. The Hall–Kier alpha value is -1.72. The smallest absolute Gasteiger partial charge is 0.138 e. The van der Waals surface area contributed by atoms with Crippen LogP contribution in [0.4, 0.5) is 0 Å². The van der Waals surface area contributed by atoms with Gasteiger partial charge in [0.2, 0.25) is 0 Å². The van der Waals surface area contributed by atoms with E-state index in [2.05, 4.69) is 55.8 Å². The molecule has 1 aromatic carbocycles. The average molecular weight is 485 g/mol. The van der Waals surface area contributed by atoms with E-state index < -0.39 is 0 Å². The number of hydrogen-bond donors (Lipinski definition) is 1. The molecule has 1 N–H and O–H groups in total. The summed E-state index contributed by atoms with van der Waals surface area (Å²) in [5.41, 5.74) is 3.62. The summed E-state index contributed by atoms with van der Waals surface area (Å²) in [7, 11) is 0. The van der Waals surface area contributed by atoms with Gasteiger partial charge in [-0.1, -0.05) is 37.6 Å². The van der Waals surface area contributed by atoms with Gasteiger partial charge in [-0.2, -0.15) is 0 Å². The third-order valence-electron chi connectivity index (χ3n) is 8.11. The quantitative estimate of drug-likeness (QED) is 0.470. The van der Waals surface area contributed by atoms with Crippen molar-refractivity contribution in [3.63, 3.8) is 0 Å². The number of hydrogen-bond acceptors (Lipinski definition) is 4. The van der Waals surface area contributed by atoms with Crippen LogP contribution in [0.5, 0.6) is 0 Å². The topological polar surface area (TPSA) is 59.8 Å². The van der Waals surface area contributed by atoms with Crippen molar-refractivity contribution in [2.45, 2.75) is 90.5 Å². The zero-order chi connectivity index (χ0) is 23.1. The molecule has 2 aliphatic carbocycles. The van der Waals surface area contributed by atoms with Crippen LogP contribution >= 0.6 is 12.4 Å². The van der Waals surface area contributed by atoms with Crippen molar-refractivity contribution in [1.82, 2.24) is 20.1 Å². The Labute approximate surface area is 210 Å². The molecule has 5 rings (SSSR count). The van der Waals surface area contributed by atoms with Gasteiger partial charge in [0.15, 0.2) is 0 Å². The standard InChI is InChI=1S/C28H40N4O.ClH/c1-17(2)9-20-11-22(12-20)27-30-31-28(32(27)24-7-8-24)26(23-15-29-16-23)14-25(33)13-21-6-5-18(3)10-19(21)4;/h5-6,10,17,20,22-24,26,29H,7-9,11-16H2,1-4H3;1H. The second kappa shape index (κ2) is 10.5. The molecule has 3 aliphatic rings. The van der Waals surface area contributed by atoms with Crippen molar-refractivity contribution < 1.29 is 4.79 Å². The number of nitrogens with one attached hydrogen (secondary N) is 1. The molecule has 3 fully saturated rings. The van der Waals surface area contributed by atoms with Crippen LogP contribution in [0, 0.1) is 31.6 Å². The SMILES string of the molecule is Cc1ccc(CC(=O)CC(c2nnc(C3CC(CC(C)C)C3)n2C2CC2)C2CNC2)c(C)c1.Cl. The van der Waals surface area contributed by atoms with Crippen molar-refractivity contribution in [3.05, 3.63) is 46.5 Å². The third-order valence-corrected chi connectivity index (χ3v) is 8.11. The fourth-order valence-electron chi connectivity index (χ4n) is 6.00. The molecule has 0 spiro atoms. The van der Waals surface area contributed by atoms with E-state index in [1.807, 2.05) is 0 Å². The molecule has 1 saturated heterocycles. The van der Waals surface area contributed by atoms with Gasteiger partial charge in [-0.25, -0.2) is 0 Å². The molecule has 1 aromatic heterocycles. The van der Waals surface area contributed by atoms with Gasteiger partial charge < -0.3 is 9.88 Å². The van der Waals surface area contributed by atoms with E-state index in [1.165, 1.54) is 49.1 Å². The maximum absolute atomic E-state index is 13.3. The van der Waals surface area contributed by atoms with Crippen molar-refractivity contribution in [2.24, 2.45) is 17.8 Å². The maximum atomic E-state index is 13.3. The Kier molecular flexibility index (Phi) is 7.83. The van der Waals surface area contributed by atoms with Gasteiger partial charge in [0.25, 0.3) is 0 Å². The molecule has 1 unspecified atom stereocenters. The van der Waals surface area contributed by atoms with E-state index in [9.17, 15) is 4.79 Å². The van der Waals surface area contributed by atoms with E-state index in [0.717, 1.165) is 36.3 Å². The number of carbonyl (C=O) groups excluding carboxylic acids is 1. The first-order chi connectivity index (χ1) is 15.9. The molecule has 2 saturated carbocycles. The van der Waals surface area contributed by atoms with E-state index in [4.69, 9.17) is 10.2 Å². The maximum Gasteiger partial charge on any atom is 0.138 e. The van der Waals surface area contributed by atoms with Gasteiger partial charge >= 0.3 is 0 Å². The van der Waals surface area contributed by atoms with Crippen LogP contribution in [0.2, 0.25) is 0 Å². The minimum atomic E-state index is 0. The van der Waals surface area contributed by atoms with Crippen LogP contribution in [-0.2, 0) is 11.2 Å². The fraction of sp³-hybridized carbons (Fsp3) is 0.679. The zero-order valence-electron chi connectivity index (χ0n) is 21.2. The summed E-state index contributed by atoms with van der Waals surface area (Å²) in [5.74, 6) is 5.47. The molecule has 1 atom stereocenters. The number of aryl methyl sites for hydroxylation is 2. The van der Waals surface area contributed by atoms with Crippen molar-refractivity contribution in [3.8, 4) is 0 Å². The summed E-state index contributed by atoms with van der Waals surface area (Å²) in [6.07, 6.45) is 7.38. The summed E-state index contributed by atoms with van der Waals surface area (Å²) in [4.78, 5) is 13.3. The molecule has 0 bridgehead atoms. The summed E-state index contributed by atoms with van der Waals surface area (Å²) < 4.78 is 2.49. The normalized spacial score (nSPS) is 23.2. The van der Waals surface area contributed by atoms with Gasteiger partial charge in [-0.15, -0.1) is 22.6 Å². The first-order valence-electron chi connectivity index (χ1n) is 13.1. The highest BCUT2D eigenvalue weighted by Gasteiger charge is 2.41. The summed E-state index contributed by atoms with van der Waals surface area (Å²) >= 11 is 0. The summed E-state index contributed by atoms with van der Waals surface area (Å²) in [5, 5.41) is 13.0. The van der Waals surface area contributed by atoms with Crippen LogP contribution in [0.15, 0.2) is 18.2 Å². The number of Topliss-reactive ketones (excluding diaryl/α,β-unsaturated/α-hetero) is 1. The predicted octanol–water partition coefficient (Wildman–Crippen LogP) is 5.70. The minimum absolute atomic E-state index is 0. The van der Waals surface area contributed by atoms with Gasteiger partial charge in [0.1, 0.15) is 17.4 Å². The highest BCUT2D eigenvalue weighted by molar-refractivity contribution is 5.85. The molecular weight excluding hydrogens is 444 g/mol. The number of benzene rings is 1.